The molecule has 2 amide bonds. The van der Waals surface area contributed by atoms with Crippen molar-refractivity contribution < 1.29 is 9.59 Å². The van der Waals surface area contributed by atoms with E-state index in [1.54, 1.807) is 12.1 Å². The van der Waals surface area contributed by atoms with Gasteiger partial charge in [-0.05, 0) is 31.0 Å². The quantitative estimate of drug-likeness (QED) is 0.764. The molecular formula is C20H20N4O2. The minimum atomic E-state index is -0.0614. The molecule has 0 unspecified atom stereocenters. The summed E-state index contributed by atoms with van der Waals surface area (Å²) in [7, 11) is 0. The number of benzene rings is 2. The van der Waals surface area contributed by atoms with Crippen LogP contribution in [-0.4, -0.2) is 46.0 Å². The van der Waals surface area contributed by atoms with E-state index in [1.807, 2.05) is 47.4 Å². The largest absolute Gasteiger partial charge is 0.349 e. The molecular weight excluding hydrogens is 328 g/mol. The van der Waals surface area contributed by atoms with E-state index in [2.05, 4.69) is 15.5 Å². The number of H-pyrrole nitrogens is 1. The Morgan fingerprint density at radius 2 is 1.69 bits per heavy atom. The van der Waals surface area contributed by atoms with Crippen LogP contribution in [0.3, 0.4) is 0 Å². The van der Waals surface area contributed by atoms with E-state index in [0.29, 0.717) is 24.3 Å². The van der Waals surface area contributed by atoms with Crippen LogP contribution in [0.5, 0.6) is 0 Å². The Kier molecular flexibility index (Phi) is 4.39. The maximum Gasteiger partial charge on any atom is 0.274 e. The van der Waals surface area contributed by atoms with E-state index in [1.165, 1.54) is 0 Å². The van der Waals surface area contributed by atoms with Crippen LogP contribution in [0.4, 0.5) is 0 Å². The zero-order valence-electron chi connectivity index (χ0n) is 14.3. The molecule has 3 aromatic rings. The zero-order valence-corrected chi connectivity index (χ0v) is 14.3. The predicted octanol–water partition coefficient (Wildman–Crippen LogP) is 2.60. The van der Waals surface area contributed by atoms with E-state index < -0.39 is 0 Å². The first-order valence-electron chi connectivity index (χ1n) is 8.80. The van der Waals surface area contributed by atoms with Crippen molar-refractivity contribution in [2.75, 3.05) is 13.1 Å². The van der Waals surface area contributed by atoms with Crippen molar-refractivity contribution in [2.24, 2.45) is 0 Å². The summed E-state index contributed by atoms with van der Waals surface area (Å²) in [6.07, 6.45) is 1.49. The minimum absolute atomic E-state index is 0.0599. The van der Waals surface area contributed by atoms with Crippen LogP contribution in [0.15, 0.2) is 54.6 Å². The first kappa shape index (κ1) is 16.3. The van der Waals surface area contributed by atoms with E-state index in [0.717, 1.165) is 23.7 Å². The van der Waals surface area contributed by atoms with Crippen molar-refractivity contribution in [1.29, 1.82) is 0 Å². The third kappa shape index (κ3) is 3.18. The van der Waals surface area contributed by atoms with Gasteiger partial charge in [0.1, 0.15) is 0 Å². The van der Waals surface area contributed by atoms with E-state index in [4.69, 9.17) is 0 Å². The van der Waals surface area contributed by atoms with Crippen molar-refractivity contribution in [3.8, 4) is 0 Å². The Morgan fingerprint density at radius 1 is 1.00 bits per heavy atom. The Balaban J connectivity index is 1.37. The molecule has 0 radical (unpaired) electrons. The van der Waals surface area contributed by atoms with Gasteiger partial charge in [-0.3, -0.25) is 14.7 Å². The molecule has 6 heteroatoms. The molecule has 132 valence electrons. The fraction of sp³-hybridized carbons (Fsp3) is 0.250. The minimum Gasteiger partial charge on any atom is -0.349 e. The van der Waals surface area contributed by atoms with Crippen molar-refractivity contribution in [3.63, 3.8) is 0 Å². The summed E-state index contributed by atoms with van der Waals surface area (Å²) >= 11 is 0. The van der Waals surface area contributed by atoms with Crippen molar-refractivity contribution in [1.82, 2.24) is 20.4 Å². The molecule has 0 bridgehead atoms. The molecule has 1 aliphatic heterocycles. The number of nitrogens with zero attached hydrogens (tertiary/aromatic N) is 2. The first-order valence-corrected chi connectivity index (χ1v) is 8.80. The molecule has 2 aromatic carbocycles. The smallest absolute Gasteiger partial charge is 0.274 e. The van der Waals surface area contributed by atoms with E-state index >= 15 is 0 Å². The summed E-state index contributed by atoms with van der Waals surface area (Å²) in [5, 5.41) is 11.0. The van der Waals surface area contributed by atoms with Crippen molar-refractivity contribution in [3.05, 3.63) is 65.9 Å². The summed E-state index contributed by atoms with van der Waals surface area (Å²) in [5.74, 6) is -0.121. The number of para-hydroxylation sites is 1. The molecule has 0 atom stereocenters. The highest BCUT2D eigenvalue weighted by molar-refractivity contribution is 6.04. The number of amides is 2. The predicted molar refractivity (Wildman–Crippen MR) is 98.9 cm³/mol. The molecule has 1 aromatic heterocycles. The first-order chi connectivity index (χ1) is 12.7. The number of likely N-dealkylation sites (tertiary alicyclic amines) is 1. The number of carbonyl (C=O) groups excluding carboxylic acids is 2. The van der Waals surface area contributed by atoms with Gasteiger partial charge in [-0.15, -0.1) is 0 Å². The molecule has 2 heterocycles. The zero-order chi connectivity index (χ0) is 17.9. The number of aromatic nitrogens is 2. The van der Waals surface area contributed by atoms with Gasteiger partial charge < -0.3 is 10.2 Å². The second kappa shape index (κ2) is 7.00. The maximum absolute atomic E-state index is 12.8. The number of hydrogen-bond acceptors (Lipinski definition) is 3. The summed E-state index contributed by atoms with van der Waals surface area (Å²) in [6, 6.07) is 16.9. The number of fused-ring (bicyclic) bond motifs is 1. The summed E-state index contributed by atoms with van der Waals surface area (Å²) in [4.78, 5) is 26.9. The van der Waals surface area contributed by atoms with Crippen LogP contribution < -0.4 is 5.32 Å². The van der Waals surface area contributed by atoms with Crippen LogP contribution >= 0.6 is 0 Å². The lowest BCUT2D eigenvalue weighted by Gasteiger charge is -2.32. The van der Waals surface area contributed by atoms with Gasteiger partial charge in [0.25, 0.3) is 11.8 Å². The molecule has 1 fully saturated rings. The van der Waals surface area contributed by atoms with E-state index in [-0.39, 0.29) is 17.9 Å². The standard InChI is InChI=1S/C20H20N4O2/c25-19(14-6-2-1-3-7-14)21-15-10-12-24(13-11-15)20(26)18-16-8-4-5-9-17(16)22-23-18/h1-9,15H,10-13H2,(H,21,25)(H,22,23). The monoisotopic (exact) mass is 348 g/mol. The highest BCUT2D eigenvalue weighted by atomic mass is 16.2. The highest BCUT2D eigenvalue weighted by Gasteiger charge is 2.27. The van der Waals surface area contributed by atoms with Gasteiger partial charge in [0, 0.05) is 30.1 Å². The molecule has 0 saturated carbocycles. The summed E-state index contributed by atoms with van der Waals surface area (Å²) in [6.45, 7) is 1.22. The van der Waals surface area contributed by atoms with Crippen LogP contribution in [0, 0.1) is 0 Å². The van der Waals surface area contributed by atoms with Crippen LogP contribution in [-0.2, 0) is 0 Å². The molecule has 0 aliphatic carbocycles. The highest BCUT2D eigenvalue weighted by Crippen LogP contribution is 2.19. The number of piperidine rings is 1. The number of nitrogens with one attached hydrogen (secondary N) is 2. The van der Waals surface area contributed by atoms with Gasteiger partial charge in [0.15, 0.2) is 5.69 Å². The maximum atomic E-state index is 12.8. The molecule has 1 aliphatic rings. The fourth-order valence-electron chi connectivity index (χ4n) is 3.36. The van der Waals surface area contributed by atoms with Gasteiger partial charge in [-0.25, -0.2) is 0 Å². The number of carbonyl (C=O) groups is 2. The van der Waals surface area contributed by atoms with E-state index in [9.17, 15) is 9.59 Å². The Labute approximate surface area is 151 Å². The third-order valence-corrected chi connectivity index (χ3v) is 4.83. The lowest BCUT2D eigenvalue weighted by atomic mass is 10.0. The topological polar surface area (TPSA) is 78.1 Å². The van der Waals surface area contributed by atoms with Crippen LogP contribution in [0.2, 0.25) is 0 Å². The second-order valence-electron chi connectivity index (χ2n) is 6.52. The molecule has 2 N–H and O–H groups in total. The van der Waals surface area contributed by atoms with Gasteiger partial charge in [-0.2, -0.15) is 5.10 Å². The van der Waals surface area contributed by atoms with Crippen LogP contribution in [0.25, 0.3) is 10.9 Å². The van der Waals surface area contributed by atoms with Gasteiger partial charge in [0.05, 0.1) is 5.52 Å². The molecule has 6 nitrogen and oxygen atoms in total. The summed E-state index contributed by atoms with van der Waals surface area (Å²) in [5.41, 5.74) is 1.99. The lowest BCUT2D eigenvalue weighted by Crippen LogP contribution is -2.46. The van der Waals surface area contributed by atoms with Crippen molar-refractivity contribution in [2.45, 2.75) is 18.9 Å². The average Bonchev–Trinajstić information content (AvgIpc) is 3.13. The summed E-state index contributed by atoms with van der Waals surface area (Å²) < 4.78 is 0. The fourth-order valence-corrected chi connectivity index (χ4v) is 3.36. The number of rotatable bonds is 3. The Morgan fingerprint density at radius 3 is 2.46 bits per heavy atom. The van der Waals surface area contributed by atoms with Gasteiger partial charge >= 0.3 is 0 Å². The molecule has 26 heavy (non-hydrogen) atoms. The van der Waals surface area contributed by atoms with Crippen LogP contribution in [0.1, 0.15) is 33.7 Å². The van der Waals surface area contributed by atoms with Crippen molar-refractivity contribution >= 4 is 22.7 Å². The lowest BCUT2D eigenvalue weighted by molar-refractivity contribution is 0.0694. The Hall–Kier alpha value is -3.15. The van der Waals surface area contributed by atoms with Gasteiger partial charge in [0.2, 0.25) is 0 Å². The number of hydrogen-bond donors (Lipinski definition) is 2. The molecule has 0 spiro atoms. The second-order valence-corrected chi connectivity index (χ2v) is 6.52. The SMILES string of the molecule is O=C(NC1CCN(C(=O)c2n[nH]c3ccccc23)CC1)c1ccccc1. The third-order valence-electron chi connectivity index (χ3n) is 4.83. The van der Waals surface area contributed by atoms with Gasteiger partial charge in [-0.1, -0.05) is 36.4 Å². The molecule has 1 saturated heterocycles. The normalized spacial score (nSPS) is 15.2. The molecule has 4 rings (SSSR count). The Bertz CT molecular complexity index is 927. The number of aromatic amines is 1. The average molecular weight is 348 g/mol.